The summed E-state index contributed by atoms with van der Waals surface area (Å²) in [6, 6.07) is 0. The van der Waals surface area contributed by atoms with Crippen LogP contribution in [0.2, 0.25) is 0 Å². The zero-order chi connectivity index (χ0) is 10.3. The lowest BCUT2D eigenvalue weighted by molar-refractivity contribution is -0.147. The van der Waals surface area contributed by atoms with Crippen LogP contribution in [-0.2, 0) is 9.53 Å². The summed E-state index contributed by atoms with van der Waals surface area (Å²) < 4.78 is 5.16. The van der Waals surface area contributed by atoms with Crippen molar-refractivity contribution in [1.29, 1.82) is 0 Å². The molecular formula is C10H20O3. The van der Waals surface area contributed by atoms with Gasteiger partial charge in [-0.05, 0) is 33.6 Å². The molecule has 0 unspecified atom stereocenters. The normalized spacial score (nSPS) is 11.6. The van der Waals surface area contributed by atoms with Gasteiger partial charge in [0.2, 0.25) is 0 Å². The van der Waals surface area contributed by atoms with Gasteiger partial charge >= 0.3 is 5.97 Å². The molecule has 13 heavy (non-hydrogen) atoms. The fourth-order valence-corrected chi connectivity index (χ4v) is 1.02. The van der Waals surface area contributed by atoms with Gasteiger partial charge in [0.15, 0.2) is 0 Å². The van der Waals surface area contributed by atoms with Gasteiger partial charge < -0.3 is 9.84 Å². The monoisotopic (exact) mass is 188 g/mol. The summed E-state index contributed by atoms with van der Waals surface area (Å²) in [6.45, 7) is 6.96. The van der Waals surface area contributed by atoms with Crippen LogP contribution in [-0.4, -0.2) is 24.3 Å². The van der Waals surface area contributed by atoms with Gasteiger partial charge in [-0.25, -0.2) is 0 Å². The van der Waals surface area contributed by atoms with Crippen molar-refractivity contribution in [3.63, 3.8) is 0 Å². The number of hydrogen-bond donors (Lipinski definition) is 1. The topological polar surface area (TPSA) is 46.5 Å². The van der Waals surface area contributed by atoms with Crippen LogP contribution in [0.4, 0.5) is 0 Å². The summed E-state index contributed by atoms with van der Waals surface area (Å²) in [5.41, 5.74) is -0.591. The molecule has 0 aromatic carbocycles. The van der Waals surface area contributed by atoms with Crippen molar-refractivity contribution < 1.29 is 14.6 Å². The Bertz CT molecular complexity index is 152. The third-order valence-corrected chi connectivity index (χ3v) is 2.12. The highest BCUT2D eigenvalue weighted by Gasteiger charge is 2.25. The lowest BCUT2D eigenvalue weighted by Gasteiger charge is -2.18. The number of hydrogen-bond acceptors (Lipinski definition) is 2. The first-order valence-corrected chi connectivity index (χ1v) is 4.82. The van der Waals surface area contributed by atoms with Crippen LogP contribution in [0.25, 0.3) is 0 Å². The second-order valence-electron chi connectivity index (χ2n) is 3.84. The molecule has 78 valence electrons. The molecule has 0 amide bonds. The van der Waals surface area contributed by atoms with Crippen LogP contribution in [0.3, 0.4) is 0 Å². The quantitative estimate of drug-likeness (QED) is 0.623. The molecule has 0 aliphatic carbocycles. The van der Waals surface area contributed by atoms with E-state index in [0.717, 1.165) is 32.5 Å². The highest BCUT2D eigenvalue weighted by Crippen LogP contribution is 2.23. The molecule has 0 bridgehead atoms. The fraction of sp³-hybridized carbons (Fsp3) is 0.900. The molecule has 0 aromatic rings. The Hall–Kier alpha value is -0.570. The molecule has 0 radical (unpaired) electrons. The van der Waals surface area contributed by atoms with Gasteiger partial charge in [-0.15, -0.1) is 0 Å². The minimum absolute atomic E-state index is 0.591. The number of unbranched alkanes of at least 4 members (excludes halogenated alkanes) is 1. The Morgan fingerprint density at radius 2 is 2.00 bits per heavy atom. The first kappa shape index (κ1) is 12.4. The molecule has 3 nitrogen and oxygen atoms in total. The molecule has 3 heteroatoms. The maximum absolute atomic E-state index is 10.7. The Balaban J connectivity index is 3.46. The second-order valence-corrected chi connectivity index (χ2v) is 3.84. The van der Waals surface area contributed by atoms with Gasteiger partial charge in [0.25, 0.3) is 0 Å². The lowest BCUT2D eigenvalue weighted by atomic mass is 9.87. The maximum atomic E-state index is 10.7. The molecule has 0 rings (SSSR count). The largest absolute Gasteiger partial charge is 0.481 e. The molecule has 0 saturated carbocycles. The van der Waals surface area contributed by atoms with E-state index in [1.54, 1.807) is 13.8 Å². The predicted molar refractivity (Wildman–Crippen MR) is 51.8 cm³/mol. The van der Waals surface area contributed by atoms with Gasteiger partial charge in [0.1, 0.15) is 0 Å². The van der Waals surface area contributed by atoms with E-state index in [1.165, 1.54) is 0 Å². The average molecular weight is 188 g/mol. The number of aliphatic carboxylic acids is 1. The molecular weight excluding hydrogens is 168 g/mol. The highest BCUT2D eigenvalue weighted by atomic mass is 16.5. The minimum atomic E-state index is -0.719. The van der Waals surface area contributed by atoms with Crippen molar-refractivity contribution in [3.8, 4) is 0 Å². The fourth-order valence-electron chi connectivity index (χ4n) is 1.02. The van der Waals surface area contributed by atoms with Crippen LogP contribution in [0.5, 0.6) is 0 Å². The Labute approximate surface area is 80.1 Å². The highest BCUT2D eigenvalue weighted by molar-refractivity contribution is 5.73. The summed E-state index contributed by atoms with van der Waals surface area (Å²) in [4.78, 5) is 10.7. The van der Waals surface area contributed by atoms with Crippen LogP contribution < -0.4 is 0 Å². The molecule has 0 saturated heterocycles. The van der Waals surface area contributed by atoms with Crippen molar-refractivity contribution in [2.75, 3.05) is 13.2 Å². The summed E-state index contributed by atoms with van der Waals surface area (Å²) in [6.07, 6.45) is 2.58. The van der Waals surface area contributed by atoms with E-state index >= 15 is 0 Å². The smallest absolute Gasteiger partial charge is 0.309 e. The number of carboxylic acid groups (broad SMARTS) is 1. The third-order valence-electron chi connectivity index (χ3n) is 2.12. The average Bonchev–Trinajstić information content (AvgIpc) is 2.03. The standard InChI is InChI=1S/C10H20O3/c1-4-13-8-6-5-7-10(2,3)9(11)12/h4-8H2,1-3H3,(H,11,12). The number of carbonyl (C=O) groups is 1. The van der Waals surface area contributed by atoms with Crippen molar-refractivity contribution >= 4 is 5.97 Å². The molecule has 0 fully saturated rings. The van der Waals surface area contributed by atoms with Gasteiger partial charge in [0.05, 0.1) is 5.41 Å². The van der Waals surface area contributed by atoms with Crippen LogP contribution in [0.1, 0.15) is 40.0 Å². The summed E-state index contributed by atoms with van der Waals surface area (Å²) in [5.74, 6) is -0.719. The molecule has 0 aromatic heterocycles. The van der Waals surface area contributed by atoms with Gasteiger partial charge in [0, 0.05) is 13.2 Å². The van der Waals surface area contributed by atoms with E-state index in [9.17, 15) is 4.79 Å². The van der Waals surface area contributed by atoms with Crippen LogP contribution in [0.15, 0.2) is 0 Å². The number of carboxylic acids is 1. The number of rotatable bonds is 7. The van der Waals surface area contributed by atoms with Crippen molar-refractivity contribution in [3.05, 3.63) is 0 Å². The Morgan fingerprint density at radius 1 is 1.38 bits per heavy atom. The molecule has 1 N–H and O–H groups in total. The summed E-state index contributed by atoms with van der Waals surface area (Å²) in [5, 5.41) is 8.81. The minimum Gasteiger partial charge on any atom is -0.481 e. The van der Waals surface area contributed by atoms with E-state index in [1.807, 2.05) is 6.92 Å². The molecule has 0 aliphatic heterocycles. The van der Waals surface area contributed by atoms with E-state index < -0.39 is 11.4 Å². The summed E-state index contributed by atoms with van der Waals surface area (Å²) >= 11 is 0. The van der Waals surface area contributed by atoms with Gasteiger partial charge in [-0.2, -0.15) is 0 Å². The SMILES string of the molecule is CCOCCCCC(C)(C)C(=O)O. The first-order valence-electron chi connectivity index (χ1n) is 4.82. The van der Waals surface area contributed by atoms with Crippen LogP contribution in [0, 0.1) is 5.41 Å². The summed E-state index contributed by atoms with van der Waals surface area (Å²) in [7, 11) is 0. The molecule has 0 heterocycles. The van der Waals surface area contributed by atoms with Gasteiger partial charge in [-0.3, -0.25) is 4.79 Å². The van der Waals surface area contributed by atoms with Crippen molar-refractivity contribution in [2.24, 2.45) is 5.41 Å². The van der Waals surface area contributed by atoms with E-state index in [0.29, 0.717) is 0 Å². The molecule has 0 spiro atoms. The maximum Gasteiger partial charge on any atom is 0.309 e. The van der Waals surface area contributed by atoms with Gasteiger partial charge in [-0.1, -0.05) is 6.42 Å². The van der Waals surface area contributed by atoms with Crippen molar-refractivity contribution in [2.45, 2.75) is 40.0 Å². The van der Waals surface area contributed by atoms with E-state index in [2.05, 4.69) is 0 Å². The second kappa shape index (κ2) is 5.97. The van der Waals surface area contributed by atoms with Crippen LogP contribution >= 0.6 is 0 Å². The number of ether oxygens (including phenoxy) is 1. The van der Waals surface area contributed by atoms with E-state index in [-0.39, 0.29) is 0 Å². The first-order chi connectivity index (χ1) is 6.00. The van der Waals surface area contributed by atoms with Crippen molar-refractivity contribution in [1.82, 2.24) is 0 Å². The molecule has 0 atom stereocenters. The predicted octanol–water partition coefficient (Wildman–Crippen LogP) is 2.30. The molecule has 0 aliphatic rings. The Morgan fingerprint density at radius 3 is 2.46 bits per heavy atom. The lowest BCUT2D eigenvalue weighted by Crippen LogP contribution is -2.23. The zero-order valence-corrected chi connectivity index (χ0v) is 8.80. The Kier molecular flexibility index (Phi) is 5.71. The third kappa shape index (κ3) is 5.64. The zero-order valence-electron chi connectivity index (χ0n) is 8.80. The van der Waals surface area contributed by atoms with E-state index in [4.69, 9.17) is 9.84 Å².